The second kappa shape index (κ2) is 10.2. The number of hydrogen-bond acceptors (Lipinski definition) is 5. The number of likely N-dealkylation sites (tertiary alicyclic amines) is 1. The van der Waals surface area contributed by atoms with Gasteiger partial charge in [0.05, 0.1) is 4.90 Å². The summed E-state index contributed by atoms with van der Waals surface area (Å²) in [5.74, 6) is -0.401. The van der Waals surface area contributed by atoms with E-state index in [0.717, 1.165) is 5.56 Å². The summed E-state index contributed by atoms with van der Waals surface area (Å²) in [6.07, 6.45) is 2.53. The first-order valence-electron chi connectivity index (χ1n) is 12.0. The van der Waals surface area contributed by atoms with Gasteiger partial charge in [0.15, 0.2) is 0 Å². The zero-order valence-electron chi connectivity index (χ0n) is 20.3. The summed E-state index contributed by atoms with van der Waals surface area (Å²) in [7, 11) is -3.85. The fourth-order valence-corrected chi connectivity index (χ4v) is 6.18. The topological polar surface area (TPSA) is 124 Å². The van der Waals surface area contributed by atoms with Crippen LogP contribution in [0.15, 0.2) is 77.8 Å². The number of fused-ring (bicyclic) bond motifs is 1. The summed E-state index contributed by atoms with van der Waals surface area (Å²) in [5, 5.41) is 10.6. The number of aromatic amines is 1. The van der Waals surface area contributed by atoms with Gasteiger partial charge in [-0.1, -0.05) is 42.5 Å². The van der Waals surface area contributed by atoms with Crippen LogP contribution in [0, 0.1) is 6.92 Å². The summed E-state index contributed by atoms with van der Waals surface area (Å²) >= 11 is 0. The Morgan fingerprint density at radius 2 is 1.65 bits per heavy atom. The van der Waals surface area contributed by atoms with E-state index >= 15 is 0 Å². The van der Waals surface area contributed by atoms with E-state index in [-0.39, 0.29) is 22.8 Å². The monoisotopic (exact) mass is 517 g/mol. The molecule has 3 aromatic carbocycles. The fraction of sp³-hybridized carbons (Fsp3) is 0.222. The van der Waals surface area contributed by atoms with Crippen molar-refractivity contribution in [3.05, 3.63) is 89.7 Å². The third-order valence-electron chi connectivity index (χ3n) is 6.65. The van der Waals surface area contributed by atoms with E-state index in [4.69, 9.17) is 0 Å². The number of piperidine rings is 1. The van der Waals surface area contributed by atoms with Crippen LogP contribution in [0.1, 0.15) is 39.3 Å². The highest BCUT2D eigenvalue weighted by Crippen LogP contribution is 2.30. The Bertz CT molecular complexity index is 1560. The van der Waals surface area contributed by atoms with Gasteiger partial charge in [0.2, 0.25) is 10.0 Å². The van der Waals surface area contributed by atoms with Crippen molar-refractivity contribution in [2.24, 2.45) is 0 Å². The van der Waals surface area contributed by atoms with Gasteiger partial charge in [0.1, 0.15) is 5.69 Å². The lowest BCUT2D eigenvalue weighted by atomic mass is 10.1. The van der Waals surface area contributed by atoms with E-state index in [1.807, 2.05) is 25.1 Å². The molecule has 0 unspecified atom stereocenters. The number of aromatic nitrogens is 2. The SMILES string of the molecule is Cc1ccccc1C(=O)Nc1ccc(S(=O)(=O)NC2CCN(C(=O)c3ccn[nH]3)CC2)c2ccccc12. The highest BCUT2D eigenvalue weighted by atomic mass is 32.2. The van der Waals surface area contributed by atoms with Crippen LogP contribution >= 0.6 is 0 Å². The minimum absolute atomic E-state index is 0.145. The molecule has 0 aliphatic carbocycles. The first kappa shape index (κ1) is 24.7. The molecule has 1 aliphatic rings. The van der Waals surface area contributed by atoms with Gasteiger partial charge in [0, 0.05) is 47.4 Å². The van der Waals surface area contributed by atoms with Crippen molar-refractivity contribution < 1.29 is 18.0 Å². The standard InChI is InChI=1S/C27H27N5O4S/c1-18-6-2-3-7-20(18)26(33)29-23-10-11-25(22-9-5-4-8-21(22)23)37(35,36)31-19-13-16-32(17-14-19)27(34)24-12-15-28-30-24/h2-12,15,19,31H,13-14,16-17H2,1H3,(H,28,30)(H,29,33). The Morgan fingerprint density at radius 3 is 2.35 bits per heavy atom. The Kier molecular flexibility index (Phi) is 6.77. The van der Waals surface area contributed by atoms with Crippen molar-refractivity contribution in [1.82, 2.24) is 19.8 Å². The summed E-state index contributed by atoms with van der Waals surface area (Å²) in [5.41, 5.74) is 2.36. The van der Waals surface area contributed by atoms with Crippen LogP contribution in [0.2, 0.25) is 0 Å². The largest absolute Gasteiger partial charge is 0.337 e. The Labute approximate surface area is 214 Å². The molecule has 2 heterocycles. The molecule has 10 heteroatoms. The molecular formula is C27H27N5O4S. The number of amides is 2. The van der Waals surface area contributed by atoms with E-state index in [1.165, 1.54) is 12.3 Å². The Balaban J connectivity index is 1.33. The lowest BCUT2D eigenvalue weighted by Gasteiger charge is -2.32. The number of nitrogens with one attached hydrogen (secondary N) is 3. The number of nitrogens with zero attached hydrogens (tertiary/aromatic N) is 2. The highest BCUT2D eigenvalue weighted by molar-refractivity contribution is 7.89. The predicted molar refractivity (Wildman–Crippen MR) is 141 cm³/mol. The van der Waals surface area contributed by atoms with Crippen molar-refractivity contribution >= 4 is 38.3 Å². The average molecular weight is 518 g/mol. The van der Waals surface area contributed by atoms with Crippen LogP contribution in [0.25, 0.3) is 10.8 Å². The van der Waals surface area contributed by atoms with Gasteiger partial charge in [-0.2, -0.15) is 5.10 Å². The van der Waals surface area contributed by atoms with E-state index in [0.29, 0.717) is 53.6 Å². The molecule has 1 fully saturated rings. The predicted octanol–water partition coefficient (Wildman–Crippen LogP) is 3.71. The molecule has 1 aliphatic heterocycles. The summed E-state index contributed by atoms with van der Waals surface area (Å²) in [6, 6.07) is 18.9. The number of hydrogen-bond donors (Lipinski definition) is 3. The van der Waals surface area contributed by atoms with Crippen molar-refractivity contribution in [3.63, 3.8) is 0 Å². The number of H-pyrrole nitrogens is 1. The van der Waals surface area contributed by atoms with Crippen molar-refractivity contribution in [2.45, 2.75) is 30.7 Å². The first-order chi connectivity index (χ1) is 17.8. The molecule has 190 valence electrons. The number of anilines is 1. The molecule has 0 atom stereocenters. The number of rotatable bonds is 6. The quantitative estimate of drug-likeness (QED) is 0.360. The van der Waals surface area contributed by atoms with Crippen LogP contribution in [-0.4, -0.2) is 54.5 Å². The third-order valence-corrected chi connectivity index (χ3v) is 8.23. The van der Waals surface area contributed by atoms with Crippen LogP contribution in [0.3, 0.4) is 0 Å². The molecule has 1 aromatic heterocycles. The van der Waals surface area contributed by atoms with Gasteiger partial charge in [-0.15, -0.1) is 0 Å². The fourth-order valence-electron chi connectivity index (χ4n) is 4.66. The van der Waals surface area contributed by atoms with Crippen LogP contribution in [0.5, 0.6) is 0 Å². The summed E-state index contributed by atoms with van der Waals surface area (Å²) < 4.78 is 29.7. The van der Waals surface area contributed by atoms with E-state index < -0.39 is 10.0 Å². The molecule has 0 radical (unpaired) electrons. The lowest BCUT2D eigenvalue weighted by molar-refractivity contribution is 0.0705. The van der Waals surface area contributed by atoms with Crippen molar-refractivity contribution in [2.75, 3.05) is 18.4 Å². The molecule has 0 spiro atoms. The Hall–Kier alpha value is -4.02. The minimum atomic E-state index is -3.85. The number of carbonyl (C=O) groups excluding carboxylic acids is 2. The van der Waals surface area contributed by atoms with Gasteiger partial charge in [0.25, 0.3) is 11.8 Å². The molecule has 1 saturated heterocycles. The minimum Gasteiger partial charge on any atom is -0.337 e. The second-order valence-corrected chi connectivity index (χ2v) is 10.8. The van der Waals surface area contributed by atoms with E-state index in [9.17, 15) is 18.0 Å². The van der Waals surface area contributed by atoms with Gasteiger partial charge in [-0.05, 0) is 49.6 Å². The van der Waals surface area contributed by atoms with Gasteiger partial charge in [-0.3, -0.25) is 14.7 Å². The van der Waals surface area contributed by atoms with Crippen molar-refractivity contribution in [1.29, 1.82) is 0 Å². The number of aryl methyl sites for hydroxylation is 1. The maximum atomic E-state index is 13.4. The summed E-state index contributed by atoms with van der Waals surface area (Å²) in [6.45, 7) is 2.75. The normalized spacial score (nSPS) is 14.6. The molecule has 37 heavy (non-hydrogen) atoms. The van der Waals surface area contributed by atoms with Crippen molar-refractivity contribution in [3.8, 4) is 0 Å². The molecule has 5 rings (SSSR count). The lowest BCUT2D eigenvalue weighted by Crippen LogP contribution is -2.46. The maximum absolute atomic E-state index is 13.4. The number of carbonyl (C=O) groups is 2. The van der Waals surface area contributed by atoms with Crippen LogP contribution in [-0.2, 0) is 10.0 Å². The third kappa shape index (κ3) is 5.11. The Morgan fingerprint density at radius 1 is 0.946 bits per heavy atom. The molecule has 4 aromatic rings. The smallest absolute Gasteiger partial charge is 0.271 e. The molecule has 3 N–H and O–H groups in total. The second-order valence-electron chi connectivity index (χ2n) is 9.08. The van der Waals surface area contributed by atoms with E-state index in [1.54, 1.807) is 47.4 Å². The maximum Gasteiger partial charge on any atom is 0.271 e. The van der Waals surface area contributed by atoms with Crippen LogP contribution < -0.4 is 10.0 Å². The first-order valence-corrected chi connectivity index (χ1v) is 13.5. The molecule has 0 saturated carbocycles. The summed E-state index contributed by atoms with van der Waals surface area (Å²) in [4.78, 5) is 27.3. The van der Waals surface area contributed by atoms with Gasteiger partial charge >= 0.3 is 0 Å². The molecule has 0 bridgehead atoms. The zero-order valence-corrected chi connectivity index (χ0v) is 21.1. The van der Waals surface area contributed by atoms with E-state index in [2.05, 4.69) is 20.2 Å². The van der Waals surface area contributed by atoms with Crippen LogP contribution in [0.4, 0.5) is 5.69 Å². The molecule has 9 nitrogen and oxygen atoms in total. The average Bonchev–Trinajstić information content (AvgIpc) is 3.44. The highest BCUT2D eigenvalue weighted by Gasteiger charge is 2.28. The zero-order chi connectivity index (χ0) is 26.0. The number of benzene rings is 3. The molecule has 2 amide bonds. The molecular weight excluding hydrogens is 490 g/mol. The van der Waals surface area contributed by atoms with Gasteiger partial charge < -0.3 is 10.2 Å². The van der Waals surface area contributed by atoms with Gasteiger partial charge in [-0.25, -0.2) is 13.1 Å². The number of sulfonamides is 1.